The van der Waals surface area contributed by atoms with Gasteiger partial charge in [-0.3, -0.25) is 0 Å². The number of phenolic OH excluding ortho intramolecular Hbond substituents is 1. The zero-order valence-corrected chi connectivity index (χ0v) is 38.8. The number of aromatic hydroxyl groups is 1. The van der Waals surface area contributed by atoms with Crippen LogP contribution in [0, 0.1) is 0 Å². The van der Waals surface area contributed by atoms with Gasteiger partial charge in [-0.1, -0.05) is 92.8 Å². The predicted octanol–water partition coefficient (Wildman–Crippen LogP) is 16.1. The molecule has 63 heavy (non-hydrogen) atoms. The van der Waals surface area contributed by atoms with Crippen LogP contribution in [0.3, 0.4) is 0 Å². The molecule has 0 aliphatic carbocycles. The molecule has 15 heteroatoms. The SMILES string of the molecule is Oc1cc(COc2cc(COc3cc(Cl)cc(Cl)c3)cc(COc3cc(Cl)cc(Cl)c3)c2)cc(COc2cc(COc3cc(Cl)cc(Cl)c3)cc(COc3cc(Cl)cc(Cl)c3)c2)c1. The van der Waals surface area contributed by atoms with Crippen LogP contribution in [0.15, 0.2) is 127 Å². The summed E-state index contributed by atoms with van der Waals surface area (Å²) in [6.07, 6.45) is 0. The van der Waals surface area contributed by atoms with Crippen LogP contribution < -0.4 is 28.4 Å². The summed E-state index contributed by atoms with van der Waals surface area (Å²) in [4.78, 5) is 0. The highest BCUT2D eigenvalue weighted by molar-refractivity contribution is 6.36. The molecule has 0 saturated heterocycles. The Morgan fingerprint density at radius 3 is 0.619 bits per heavy atom. The summed E-state index contributed by atoms with van der Waals surface area (Å²) in [5.74, 6) is 3.16. The number of rotatable bonds is 18. The molecule has 0 saturated carbocycles. The van der Waals surface area contributed by atoms with Gasteiger partial charge < -0.3 is 33.5 Å². The first-order valence-electron chi connectivity index (χ1n) is 18.9. The van der Waals surface area contributed by atoms with Crippen molar-refractivity contribution in [3.63, 3.8) is 0 Å². The standard InChI is InChI=1S/C48H34Cl8O7/c49-34-10-35(50)15-45(14-34)60-24-30-2-31(25-61-46-16-36(51)11-37(52)17-46)7-43(6-30)58-22-28-1-29(5-42(57)4-28)23-59-44-8-32(26-62-47-18-38(53)12-39(54)19-47)3-33(9-44)27-63-48-20-40(55)13-41(56)21-48/h1-21,57H,22-27H2. The van der Waals surface area contributed by atoms with Crippen LogP contribution in [-0.4, -0.2) is 5.11 Å². The Morgan fingerprint density at radius 2 is 0.413 bits per heavy atom. The van der Waals surface area contributed by atoms with Gasteiger partial charge >= 0.3 is 0 Å². The minimum atomic E-state index is 0.0444. The van der Waals surface area contributed by atoms with Crippen molar-refractivity contribution in [2.24, 2.45) is 0 Å². The van der Waals surface area contributed by atoms with Gasteiger partial charge in [-0.15, -0.1) is 0 Å². The van der Waals surface area contributed by atoms with Crippen molar-refractivity contribution in [1.29, 1.82) is 0 Å². The third-order valence-corrected chi connectivity index (χ3v) is 10.6. The maximum absolute atomic E-state index is 10.8. The highest BCUT2D eigenvalue weighted by Gasteiger charge is 2.12. The molecule has 0 radical (unpaired) electrons. The fraction of sp³-hybridized carbons (Fsp3) is 0.125. The van der Waals surface area contributed by atoms with Crippen LogP contribution >= 0.6 is 92.8 Å². The summed E-state index contributed by atoms with van der Waals surface area (Å²) < 4.78 is 36.8. The van der Waals surface area contributed by atoms with Gasteiger partial charge in [0.1, 0.15) is 79.9 Å². The molecular weight excluding hydrogens is 972 g/mol. The minimum absolute atomic E-state index is 0.0444. The van der Waals surface area contributed by atoms with Gasteiger partial charge in [0, 0.05) is 40.2 Å². The van der Waals surface area contributed by atoms with E-state index in [0.29, 0.717) is 85.8 Å². The van der Waals surface area contributed by atoms with E-state index in [9.17, 15) is 5.11 Å². The van der Waals surface area contributed by atoms with Crippen LogP contribution in [0.25, 0.3) is 0 Å². The van der Waals surface area contributed by atoms with Gasteiger partial charge in [0.15, 0.2) is 0 Å². The zero-order valence-electron chi connectivity index (χ0n) is 32.8. The lowest BCUT2D eigenvalue weighted by atomic mass is 10.1. The van der Waals surface area contributed by atoms with Crippen LogP contribution in [0.2, 0.25) is 40.2 Å². The van der Waals surface area contributed by atoms with E-state index in [-0.39, 0.29) is 45.4 Å². The molecule has 0 aromatic heterocycles. The van der Waals surface area contributed by atoms with Gasteiger partial charge in [-0.25, -0.2) is 0 Å². The molecule has 7 aromatic carbocycles. The monoisotopic (exact) mass is 1000 g/mol. The molecule has 0 aliphatic heterocycles. The highest BCUT2D eigenvalue weighted by Crippen LogP contribution is 2.31. The molecular formula is C48H34Cl8O7. The number of benzene rings is 7. The molecule has 0 bridgehead atoms. The average Bonchev–Trinajstić information content (AvgIpc) is 3.20. The molecule has 0 heterocycles. The van der Waals surface area contributed by atoms with E-state index in [1.807, 2.05) is 42.5 Å². The fourth-order valence-corrected chi connectivity index (χ4v) is 8.34. The number of hydrogen-bond donors (Lipinski definition) is 1. The Kier molecular flexibility index (Phi) is 16.1. The minimum Gasteiger partial charge on any atom is -0.508 e. The molecule has 0 fully saturated rings. The Bertz CT molecular complexity index is 2320. The third-order valence-electron chi connectivity index (χ3n) is 8.87. The Hall–Kier alpha value is -4.54. The molecule has 7 nitrogen and oxygen atoms in total. The second-order valence-corrected chi connectivity index (χ2v) is 17.6. The topological polar surface area (TPSA) is 75.6 Å². The van der Waals surface area contributed by atoms with E-state index in [2.05, 4.69) is 0 Å². The maximum atomic E-state index is 10.8. The van der Waals surface area contributed by atoms with Crippen molar-refractivity contribution >= 4 is 92.8 Å². The van der Waals surface area contributed by atoms with Crippen LogP contribution in [-0.2, 0) is 39.6 Å². The predicted molar refractivity (Wildman–Crippen MR) is 253 cm³/mol. The molecule has 0 unspecified atom stereocenters. The Balaban J connectivity index is 1.06. The van der Waals surface area contributed by atoms with E-state index in [4.69, 9.17) is 121 Å². The van der Waals surface area contributed by atoms with E-state index in [1.54, 1.807) is 84.9 Å². The number of hydrogen-bond acceptors (Lipinski definition) is 7. The van der Waals surface area contributed by atoms with Gasteiger partial charge in [0.05, 0.1) is 0 Å². The molecule has 0 atom stereocenters. The van der Waals surface area contributed by atoms with Crippen LogP contribution in [0.5, 0.6) is 40.2 Å². The van der Waals surface area contributed by atoms with Gasteiger partial charge in [0.25, 0.3) is 0 Å². The van der Waals surface area contributed by atoms with E-state index >= 15 is 0 Å². The van der Waals surface area contributed by atoms with Crippen molar-refractivity contribution in [3.05, 3.63) is 201 Å². The molecule has 0 aliphatic rings. The first kappa shape index (κ1) is 46.5. The third kappa shape index (κ3) is 14.8. The van der Waals surface area contributed by atoms with E-state index in [1.165, 1.54) is 0 Å². The van der Waals surface area contributed by atoms with Crippen LogP contribution in [0.1, 0.15) is 33.4 Å². The Labute approximate surface area is 404 Å². The number of halogens is 8. The average molecular weight is 1010 g/mol. The van der Waals surface area contributed by atoms with Gasteiger partial charge in [0.2, 0.25) is 0 Å². The van der Waals surface area contributed by atoms with Crippen molar-refractivity contribution in [2.75, 3.05) is 0 Å². The van der Waals surface area contributed by atoms with Crippen molar-refractivity contribution in [3.8, 4) is 40.2 Å². The molecule has 1 N–H and O–H groups in total. The van der Waals surface area contributed by atoms with Crippen molar-refractivity contribution in [2.45, 2.75) is 39.6 Å². The first-order valence-corrected chi connectivity index (χ1v) is 22.0. The lowest BCUT2D eigenvalue weighted by Gasteiger charge is -2.15. The van der Waals surface area contributed by atoms with Gasteiger partial charge in [-0.2, -0.15) is 0 Å². The number of phenols is 1. The highest BCUT2D eigenvalue weighted by atomic mass is 35.5. The molecule has 7 rings (SSSR count). The quantitative estimate of drug-likeness (QED) is 0.0918. The molecule has 324 valence electrons. The van der Waals surface area contributed by atoms with Gasteiger partial charge in [-0.05, 0) is 161 Å². The smallest absolute Gasteiger partial charge is 0.122 e. The normalized spacial score (nSPS) is 11.0. The lowest BCUT2D eigenvalue weighted by molar-refractivity contribution is 0.285. The summed E-state index contributed by atoms with van der Waals surface area (Å²) >= 11 is 49.6. The summed E-state index contributed by atoms with van der Waals surface area (Å²) in [5.41, 5.74) is 4.57. The zero-order chi connectivity index (χ0) is 44.5. The summed E-state index contributed by atoms with van der Waals surface area (Å²) in [6.45, 7) is 0.973. The summed E-state index contributed by atoms with van der Waals surface area (Å²) in [6, 6.07) is 36.4. The molecule has 0 spiro atoms. The lowest BCUT2D eigenvalue weighted by Crippen LogP contribution is -2.04. The van der Waals surface area contributed by atoms with Crippen molar-refractivity contribution in [1.82, 2.24) is 0 Å². The second kappa shape index (κ2) is 21.9. The second-order valence-electron chi connectivity index (χ2n) is 14.1. The first-order chi connectivity index (χ1) is 30.2. The maximum Gasteiger partial charge on any atom is 0.122 e. The number of ether oxygens (including phenoxy) is 6. The van der Waals surface area contributed by atoms with E-state index < -0.39 is 0 Å². The van der Waals surface area contributed by atoms with E-state index in [0.717, 1.165) is 22.3 Å². The largest absolute Gasteiger partial charge is 0.508 e. The fourth-order valence-electron chi connectivity index (χ4n) is 6.31. The Morgan fingerprint density at radius 1 is 0.238 bits per heavy atom. The molecule has 7 aromatic rings. The van der Waals surface area contributed by atoms with Crippen molar-refractivity contribution < 1.29 is 33.5 Å². The summed E-state index contributed by atoms with van der Waals surface area (Å²) in [7, 11) is 0. The molecule has 0 amide bonds. The van der Waals surface area contributed by atoms with Crippen LogP contribution in [0.4, 0.5) is 0 Å². The summed E-state index contributed by atoms with van der Waals surface area (Å²) in [5, 5.41) is 14.4.